The lowest BCUT2D eigenvalue weighted by atomic mass is 10.1. The van der Waals surface area contributed by atoms with E-state index in [0.29, 0.717) is 0 Å². The van der Waals surface area contributed by atoms with Crippen LogP contribution in [0.1, 0.15) is 0 Å². The summed E-state index contributed by atoms with van der Waals surface area (Å²) in [6.07, 6.45) is 0. The molecule has 0 unspecified atom stereocenters. The number of carbonyl (C=O) groups is 2. The lowest BCUT2D eigenvalue weighted by Crippen LogP contribution is -2.61. The number of nitrogens with one attached hydrogen (secondary N) is 3. The molecule has 0 aromatic carbocycles. The Balaban J connectivity index is 0.000000720. The average Bonchev–Trinajstić information content (AvgIpc) is 2.36. The van der Waals surface area contributed by atoms with Crippen molar-refractivity contribution < 1.29 is 9.59 Å². The van der Waals surface area contributed by atoms with E-state index in [2.05, 4.69) is 16.0 Å². The molecule has 2 saturated heterocycles. The van der Waals surface area contributed by atoms with Crippen molar-refractivity contribution in [3.63, 3.8) is 0 Å². The Morgan fingerprint density at radius 1 is 1.00 bits per heavy atom. The molecule has 12 heavy (non-hydrogen) atoms. The van der Waals surface area contributed by atoms with Crippen molar-refractivity contribution in [2.24, 2.45) is 0 Å². The van der Waals surface area contributed by atoms with Gasteiger partial charge in [0, 0.05) is 13.1 Å². The molecule has 2 fully saturated rings. The number of fused-ring (bicyclic) bond motifs is 1. The minimum atomic E-state index is -0.519. The van der Waals surface area contributed by atoms with E-state index >= 15 is 0 Å². The fraction of sp³-hybridized carbons (Fsp3) is 0.667. The fourth-order valence-corrected chi connectivity index (χ4v) is 1.45. The monoisotopic (exact) mass is 191 g/mol. The Bertz CT molecular complexity index is 199. The van der Waals surface area contributed by atoms with Gasteiger partial charge < -0.3 is 16.0 Å². The van der Waals surface area contributed by atoms with Crippen molar-refractivity contribution in [2.45, 2.75) is 12.1 Å². The average molecular weight is 192 g/mol. The molecule has 0 bridgehead atoms. The minimum absolute atomic E-state index is 0. The first-order valence-corrected chi connectivity index (χ1v) is 3.59. The number of carbonyl (C=O) groups excluding carboxylic acids is 2. The number of halogens is 1. The molecule has 0 radical (unpaired) electrons. The zero-order valence-corrected chi connectivity index (χ0v) is 7.11. The Labute approximate surface area is 75.7 Å². The van der Waals surface area contributed by atoms with Crippen molar-refractivity contribution in [2.75, 3.05) is 13.1 Å². The highest BCUT2D eigenvalue weighted by molar-refractivity contribution is 6.35. The standard InChI is InChI=1S/C6H9N3O2.ClH/c10-5-6(11)9-4-2-7-1-3(4)8-5;/h3-4,7H,1-2H2,(H,8,10)(H,9,11);1H/t3-,4+;. The van der Waals surface area contributed by atoms with Gasteiger partial charge in [0.1, 0.15) is 0 Å². The van der Waals surface area contributed by atoms with Gasteiger partial charge in [-0.3, -0.25) is 9.59 Å². The largest absolute Gasteiger partial charge is 0.342 e. The van der Waals surface area contributed by atoms with Gasteiger partial charge in [-0.25, -0.2) is 0 Å². The predicted molar refractivity (Wildman–Crippen MR) is 44.0 cm³/mol. The van der Waals surface area contributed by atoms with Gasteiger partial charge in [0.2, 0.25) is 0 Å². The van der Waals surface area contributed by atoms with E-state index in [9.17, 15) is 9.59 Å². The second kappa shape index (κ2) is 3.28. The van der Waals surface area contributed by atoms with Gasteiger partial charge in [-0.2, -0.15) is 0 Å². The van der Waals surface area contributed by atoms with Crippen LogP contribution in [0.4, 0.5) is 0 Å². The van der Waals surface area contributed by atoms with Crippen LogP contribution in [0.3, 0.4) is 0 Å². The molecule has 2 rings (SSSR count). The van der Waals surface area contributed by atoms with E-state index in [1.165, 1.54) is 0 Å². The van der Waals surface area contributed by atoms with Crippen LogP contribution < -0.4 is 16.0 Å². The number of rotatable bonds is 0. The first-order valence-electron chi connectivity index (χ1n) is 3.59. The maximum Gasteiger partial charge on any atom is 0.309 e. The van der Waals surface area contributed by atoms with Crippen molar-refractivity contribution in [1.82, 2.24) is 16.0 Å². The van der Waals surface area contributed by atoms with Crippen LogP contribution in [-0.4, -0.2) is 37.0 Å². The van der Waals surface area contributed by atoms with Crippen LogP contribution in [0.5, 0.6) is 0 Å². The molecule has 3 N–H and O–H groups in total. The van der Waals surface area contributed by atoms with Crippen LogP contribution in [0.2, 0.25) is 0 Å². The summed E-state index contributed by atoms with van der Waals surface area (Å²) in [7, 11) is 0. The minimum Gasteiger partial charge on any atom is -0.342 e. The van der Waals surface area contributed by atoms with Crippen molar-refractivity contribution in [3.05, 3.63) is 0 Å². The molecule has 2 aliphatic heterocycles. The molecule has 2 heterocycles. The molecule has 0 aliphatic carbocycles. The lowest BCUT2D eigenvalue weighted by molar-refractivity contribution is -0.142. The molecular formula is C6H10ClN3O2. The van der Waals surface area contributed by atoms with Gasteiger partial charge >= 0.3 is 11.8 Å². The van der Waals surface area contributed by atoms with Gasteiger partial charge in [-0.05, 0) is 0 Å². The van der Waals surface area contributed by atoms with Crippen LogP contribution in [0.15, 0.2) is 0 Å². The third-order valence-corrected chi connectivity index (χ3v) is 2.05. The van der Waals surface area contributed by atoms with Crippen molar-refractivity contribution in [1.29, 1.82) is 0 Å². The van der Waals surface area contributed by atoms with E-state index in [1.54, 1.807) is 0 Å². The Hall–Kier alpha value is -0.810. The molecule has 0 saturated carbocycles. The van der Waals surface area contributed by atoms with E-state index in [4.69, 9.17) is 0 Å². The zero-order chi connectivity index (χ0) is 7.84. The van der Waals surface area contributed by atoms with E-state index in [1.807, 2.05) is 0 Å². The molecule has 5 nitrogen and oxygen atoms in total. The predicted octanol–water partition coefficient (Wildman–Crippen LogP) is -2.01. The second-order valence-electron chi connectivity index (χ2n) is 2.82. The molecule has 0 aromatic heterocycles. The summed E-state index contributed by atoms with van der Waals surface area (Å²) < 4.78 is 0. The lowest BCUT2D eigenvalue weighted by Gasteiger charge is -2.25. The van der Waals surface area contributed by atoms with E-state index in [0.717, 1.165) is 13.1 Å². The van der Waals surface area contributed by atoms with Crippen molar-refractivity contribution in [3.8, 4) is 0 Å². The first-order chi connectivity index (χ1) is 5.27. The summed E-state index contributed by atoms with van der Waals surface area (Å²) >= 11 is 0. The van der Waals surface area contributed by atoms with Crippen LogP contribution in [0, 0.1) is 0 Å². The summed E-state index contributed by atoms with van der Waals surface area (Å²) in [6.45, 7) is 1.49. The quantitative estimate of drug-likeness (QED) is 0.388. The molecule has 0 aromatic rings. The number of amides is 2. The topological polar surface area (TPSA) is 70.2 Å². The highest BCUT2D eigenvalue weighted by atomic mass is 35.5. The second-order valence-corrected chi connectivity index (χ2v) is 2.82. The summed E-state index contributed by atoms with van der Waals surface area (Å²) in [4.78, 5) is 21.6. The smallest absolute Gasteiger partial charge is 0.309 e. The molecule has 2 aliphatic rings. The Morgan fingerprint density at radius 3 is 1.83 bits per heavy atom. The number of piperazine rings is 1. The summed E-state index contributed by atoms with van der Waals surface area (Å²) in [5.41, 5.74) is 0. The van der Waals surface area contributed by atoms with Crippen LogP contribution in [-0.2, 0) is 9.59 Å². The molecule has 6 heteroatoms. The molecule has 2 amide bonds. The highest BCUT2D eigenvalue weighted by Crippen LogP contribution is 2.03. The Morgan fingerprint density at radius 2 is 1.42 bits per heavy atom. The zero-order valence-electron chi connectivity index (χ0n) is 6.29. The Kier molecular flexibility index (Phi) is 2.54. The number of hydrogen-bond donors (Lipinski definition) is 3. The third kappa shape index (κ3) is 1.37. The number of hydrogen-bond acceptors (Lipinski definition) is 3. The van der Waals surface area contributed by atoms with Crippen LogP contribution >= 0.6 is 12.4 Å². The van der Waals surface area contributed by atoms with E-state index < -0.39 is 11.8 Å². The molecule has 68 valence electrons. The van der Waals surface area contributed by atoms with Gasteiger partial charge in [-0.15, -0.1) is 12.4 Å². The summed E-state index contributed by atoms with van der Waals surface area (Å²) in [5, 5.41) is 8.31. The normalized spacial score (nSPS) is 33.0. The maximum absolute atomic E-state index is 10.8. The van der Waals surface area contributed by atoms with Gasteiger partial charge in [0.25, 0.3) is 0 Å². The SMILES string of the molecule is Cl.O=C1N[C@H]2CNC[C@H]2NC1=O. The van der Waals surface area contributed by atoms with Crippen LogP contribution in [0.25, 0.3) is 0 Å². The molecule has 2 atom stereocenters. The third-order valence-electron chi connectivity index (χ3n) is 2.05. The summed E-state index contributed by atoms with van der Waals surface area (Å²) in [5.74, 6) is -1.04. The highest BCUT2D eigenvalue weighted by Gasteiger charge is 2.36. The first kappa shape index (κ1) is 9.28. The van der Waals surface area contributed by atoms with Gasteiger partial charge in [-0.1, -0.05) is 0 Å². The van der Waals surface area contributed by atoms with Crippen molar-refractivity contribution >= 4 is 24.2 Å². The van der Waals surface area contributed by atoms with E-state index in [-0.39, 0.29) is 24.5 Å². The molecular weight excluding hydrogens is 182 g/mol. The maximum atomic E-state index is 10.8. The van der Waals surface area contributed by atoms with Gasteiger partial charge in [0.05, 0.1) is 12.1 Å². The summed E-state index contributed by atoms with van der Waals surface area (Å²) in [6, 6.07) is 0.167. The molecule has 0 spiro atoms. The van der Waals surface area contributed by atoms with Gasteiger partial charge in [0.15, 0.2) is 0 Å². The fourth-order valence-electron chi connectivity index (χ4n) is 1.45.